The van der Waals surface area contributed by atoms with E-state index in [0.29, 0.717) is 5.92 Å². The van der Waals surface area contributed by atoms with E-state index in [4.69, 9.17) is 5.73 Å². The van der Waals surface area contributed by atoms with Crippen molar-refractivity contribution in [1.29, 1.82) is 0 Å². The number of hydrogen-bond acceptors (Lipinski definition) is 3. The first kappa shape index (κ1) is 8.68. The zero-order chi connectivity index (χ0) is 8.27. The second-order valence-electron chi connectivity index (χ2n) is 2.74. The highest BCUT2D eigenvalue weighted by Crippen LogP contribution is 2.23. The zero-order valence-electron chi connectivity index (χ0n) is 6.95. The maximum absolute atomic E-state index is 5.81. The van der Waals surface area contributed by atoms with Crippen LogP contribution in [0.4, 0.5) is 0 Å². The second-order valence-corrected chi connectivity index (χ2v) is 3.67. The van der Waals surface area contributed by atoms with Gasteiger partial charge in [0.2, 0.25) is 0 Å². The predicted molar refractivity (Wildman–Crippen MR) is 48.8 cm³/mol. The molecule has 1 aromatic heterocycles. The molecule has 2 nitrogen and oxygen atoms in total. The van der Waals surface area contributed by atoms with E-state index in [2.05, 4.69) is 11.9 Å². The van der Waals surface area contributed by atoms with Crippen LogP contribution in [-0.4, -0.2) is 11.0 Å². The van der Waals surface area contributed by atoms with Gasteiger partial charge < -0.3 is 5.73 Å². The molecule has 0 aliphatic heterocycles. The first-order chi connectivity index (χ1) is 5.25. The lowest BCUT2D eigenvalue weighted by Gasteiger charge is -2.15. The average molecular weight is 170 g/mol. The van der Waals surface area contributed by atoms with Crippen LogP contribution in [0, 0.1) is 0 Å². The van der Waals surface area contributed by atoms with Crippen LogP contribution in [0.5, 0.6) is 0 Å². The summed E-state index contributed by atoms with van der Waals surface area (Å²) in [5.74, 6) is 0.440. The number of aromatic nitrogens is 1. The van der Waals surface area contributed by atoms with E-state index in [1.165, 1.54) is 5.01 Å². The SMILES string of the molecule is CCC(c1nccs1)C(C)N. The smallest absolute Gasteiger partial charge is 0.0971 e. The van der Waals surface area contributed by atoms with Gasteiger partial charge in [-0.05, 0) is 13.3 Å². The molecule has 2 N–H and O–H groups in total. The fraction of sp³-hybridized carbons (Fsp3) is 0.625. The van der Waals surface area contributed by atoms with E-state index in [0.717, 1.165) is 6.42 Å². The molecule has 0 aliphatic rings. The van der Waals surface area contributed by atoms with E-state index < -0.39 is 0 Å². The van der Waals surface area contributed by atoms with Gasteiger partial charge in [0.05, 0.1) is 5.01 Å². The first-order valence-electron chi connectivity index (χ1n) is 3.90. The van der Waals surface area contributed by atoms with Gasteiger partial charge in [-0.15, -0.1) is 11.3 Å². The molecule has 0 aromatic carbocycles. The Labute approximate surface area is 71.5 Å². The molecule has 62 valence electrons. The van der Waals surface area contributed by atoms with Gasteiger partial charge in [0.1, 0.15) is 0 Å². The Hall–Kier alpha value is -0.410. The summed E-state index contributed by atoms with van der Waals surface area (Å²) in [7, 11) is 0. The Morgan fingerprint density at radius 1 is 1.73 bits per heavy atom. The molecule has 1 aromatic rings. The molecule has 0 aliphatic carbocycles. The summed E-state index contributed by atoms with van der Waals surface area (Å²) in [6.07, 6.45) is 2.91. The second kappa shape index (κ2) is 3.83. The Bertz CT molecular complexity index is 194. The van der Waals surface area contributed by atoms with Crippen molar-refractivity contribution in [3.63, 3.8) is 0 Å². The van der Waals surface area contributed by atoms with E-state index in [9.17, 15) is 0 Å². The minimum absolute atomic E-state index is 0.214. The van der Waals surface area contributed by atoms with Crippen LogP contribution >= 0.6 is 11.3 Å². The Balaban J connectivity index is 2.71. The molecular formula is C8H14N2S. The highest BCUT2D eigenvalue weighted by molar-refractivity contribution is 7.09. The molecule has 1 heterocycles. The minimum atomic E-state index is 0.214. The summed E-state index contributed by atoms with van der Waals surface area (Å²) in [5.41, 5.74) is 5.81. The maximum atomic E-state index is 5.81. The molecule has 2 unspecified atom stereocenters. The molecule has 1 rings (SSSR count). The summed E-state index contributed by atoms with van der Waals surface area (Å²) in [6.45, 7) is 4.19. The molecule has 11 heavy (non-hydrogen) atoms. The highest BCUT2D eigenvalue weighted by atomic mass is 32.1. The lowest BCUT2D eigenvalue weighted by Crippen LogP contribution is -2.24. The fourth-order valence-corrected chi connectivity index (χ4v) is 2.13. The van der Waals surface area contributed by atoms with Crippen LogP contribution in [0.1, 0.15) is 31.2 Å². The van der Waals surface area contributed by atoms with Gasteiger partial charge in [-0.3, -0.25) is 0 Å². The fourth-order valence-electron chi connectivity index (χ4n) is 1.19. The summed E-state index contributed by atoms with van der Waals surface area (Å²) in [5, 5.41) is 3.17. The first-order valence-corrected chi connectivity index (χ1v) is 4.78. The van der Waals surface area contributed by atoms with Crippen LogP contribution in [-0.2, 0) is 0 Å². The number of rotatable bonds is 3. The van der Waals surface area contributed by atoms with Crippen molar-refractivity contribution in [2.75, 3.05) is 0 Å². The third kappa shape index (κ3) is 2.01. The van der Waals surface area contributed by atoms with Crippen LogP contribution in [0.25, 0.3) is 0 Å². The Morgan fingerprint density at radius 3 is 2.82 bits per heavy atom. The van der Waals surface area contributed by atoms with Crippen molar-refractivity contribution in [2.45, 2.75) is 32.2 Å². The molecule has 0 radical (unpaired) electrons. The monoisotopic (exact) mass is 170 g/mol. The van der Waals surface area contributed by atoms with E-state index in [1.807, 2.05) is 18.5 Å². The minimum Gasteiger partial charge on any atom is -0.327 e. The normalized spacial score (nSPS) is 16.3. The van der Waals surface area contributed by atoms with Crippen molar-refractivity contribution in [1.82, 2.24) is 4.98 Å². The molecule has 0 saturated carbocycles. The zero-order valence-corrected chi connectivity index (χ0v) is 7.77. The van der Waals surface area contributed by atoms with Crippen LogP contribution in [0.3, 0.4) is 0 Å². The van der Waals surface area contributed by atoms with Gasteiger partial charge >= 0.3 is 0 Å². The molecule has 0 saturated heterocycles. The van der Waals surface area contributed by atoms with Gasteiger partial charge in [-0.25, -0.2) is 4.98 Å². The number of hydrogen-bond donors (Lipinski definition) is 1. The highest BCUT2D eigenvalue weighted by Gasteiger charge is 2.15. The van der Waals surface area contributed by atoms with Gasteiger partial charge in [0.25, 0.3) is 0 Å². The van der Waals surface area contributed by atoms with Gasteiger partial charge in [0, 0.05) is 23.5 Å². The van der Waals surface area contributed by atoms with Crippen LogP contribution in [0.15, 0.2) is 11.6 Å². The standard InChI is InChI=1S/C8H14N2S/c1-3-7(6(2)9)8-10-4-5-11-8/h4-7H,3,9H2,1-2H3. The summed E-state index contributed by atoms with van der Waals surface area (Å²) in [4.78, 5) is 4.25. The van der Waals surface area contributed by atoms with Gasteiger partial charge in [-0.1, -0.05) is 6.92 Å². The van der Waals surface area contributed by atoms with Crippen molar-refractivity contribution < 1.29 is 0 Å². The largest absolute Gasteiger partial charge is 0.327 e. The average Bonchev–Trinajstić information content (AvgIpc) is 2.40. The van der Waals surface area contributed by atoms with Crippen molar-refractivity contribution in [3.05, 3.63) is 16.6 Å². The molecule has 2 atom stereocenters. The number of nitrogens with zero attached hydrogens (tertiary/aromatic N) is 1. The molecule has 0 fully saturated rings. The third-order valence-corrected chi connectivity index (χ3v) is 2.75. The van der Waals surface area contributed by atoms with E-state index >= 15 is 0 Å². The lowest BCUT2D eigenvalue weighted by molar-refractivity contribution is 0.550. The maximum Gasteiger partial charge on any atom is 0.0971 e. The van der Waals surface area contributed by atoms with E-state index in [-0.39, 0.29) is 6.04 Å². The third-order valence-electron chi connectivity index (χ3n) is 1.84. The van der Waals surface area contributed by atoms with Crippen LogP contribution in [0.2, 0.25) is 0 Å². The molecular weight excluding hydrogens is 156 g/mol. The van der Waals surface area contributed by atoms with Gasteiger partial charge in [0.15, 0.2) is 0 Å². The quantitative estimate of drug-likeness (QED) is 0.753. The molecule has 0 amide bonds. The molecule has 3 heteroatoms. The summed E-state index contributed by atoms with van der Waals surface area (Å²) < 4.78 is 0. The number of nitrogens with two attached hydrogens (primary N) is 1. The molecule has 0 spiro atoms. The number of thiazole rings is 1. The van der Waals surface area contributed by atoms with Crippen molar-refractivity contribution >= 4 is 11.3 Å². The van der Waals surface area contributed by atoms with E-state index in [1.54, 1.807) is 11.3 Å². The summed E-state index contributed by atoms with van der Waals surface area (Å²) in [6, 6.07) is 0.214. The van der Waals surface area contributed by atoms with Crippen molar-refractivity contribution in [2.24, 2.45) is 5.73 Å². The topological polar surface area (TPSA) is 38.9 Å². The predicted octanol–water partition coefficient (Wildman–Crippen LogP) is 1.98. The van der Waals surface area contributed by atoms with Gasteiger partial charge in [-0.2, -0.15) is 0 Å². The Kier molecular flexibility index (Phi) is 3.02. The van der Waals surface area contributed by atoms with Crippen molar-refractivity contribution in [3.8, 4) is 0 Å². The van der Waals surface area contributed by atoms with Crippen LogP contribution < -0.4 is 5.73 Å². The molecule has 0 bridgehead atoms. The summed E-state index contributed by atoms with van der Waals surface area (Å²) >= 11 is 1.69. The lowest BCUT2D eigenvalue weighted by atomic mass is 10.0. The Morgan fingerprint density at radius 2 is 2.45 bits per heavy atom.